The SMILES string of the molecule is N#Cc1cnc(Nc2cc(NCCC3CCCCN3)c(C(=O)Nc3ccccc3)nn2)cn1. The zero-order valence-corrected chi connectivity index (χ0v) is 18.1. The van der Waals surface area contributed by atoms with E-state index in [0.717, 1.165) is 19.4 Å². The first-order valence-corrected chi connectivity index (χ1v) is 10.9. The van der Waals surface area contributed by atoms with Gasteiger partial charge >= 0.3 is 0 Å². The van der Waals surface area contributed by atoms with Crippen LogP contribution >= 0.6 is 0 Å². The van der Waals surface area contributed by atoms with Gasteiger partial charge in [-0.05, 0) is 37.9 Å². The van der Waals surface area contributed by atoms with Gasteiger partial charge in [0.2, 0.25) is 0 Å². The lowest BCUT2D eigenvalue weighted by molar-refractivity contribution is 0.102. The number of para-hydroxylation sites is 1. The number of nitrogens with one attached hydrogen (secondary N) is 4. The fourth-order valence-electron chi connectivity index (χ4n) is 3.60. The summed E-state index contributed by atoms with van der Waals surface area (Å²) < 4.78 is 0. The average molecular weight is 444 g/mol. The maximum Gasteiger partial charge on any atom is 0.278 e. The summed E-state index contributed by atoms with van der Waals surface area (Å²) in [5.74, 6) is 0.474. The van der Waals surface area contributed by atoms with Crippen molar-refractivity contribution in [2.24, 2.45) is 0 Å². The van der Waals surface area contributed by atoms with E-state index in [9.17, 15) is 4.79 Å². The van der Waals surface area contributed by atoms with Gasteiger partial charge in [0, 0.05) is 24.3 Å². The number of hydrogen-bond donors (Lipinski definition) is 4. The molecule has 1 fully saturated rings. The van der Waals surface area contributed by atoms with E-state index in [1.54, 1.807) is 6.07 Å². The summed E-state index contributed by atoms with van der Waals surface area (Å²) in [5.41, 5.74) is 1.67. The molecule has 2 aromatic heterocycles. The summed E-state index contributed by atoms with van der Waals surface area (Å²) in [7, 11) is 0. The third-order valence-electron chi connectivity index (χ3n) is 5.28. The van der Waals surface area contributed by atoms with Crippen molar-refractivity contribution in [3.05, 3.63) is 60.2 Å². The van der Waals surface area contributed by atoms with E-state index < -0.39 is 0 Å². The van der Waals surface area contributed by atoms with Crippen molar-refractivity contribution in [2.75, 3.05) is 29.0 Å². The van der Waals surface area contributed by atoms with E-state index in [1.165, 1.54) is 25.2 Å². The molecule has 10 heteroatoms. The van der Waals surface area contributed by atoms with Gasteiger partial charge in [-0.25, -0.2) is 9.97 Å². The van der Waals surface area contributed by atoms with E-state index in [4.69, 9.17) is 5.26 Å². The van der Waals surface area contributed by atoms with Crippen LogP contribution in [0.25, 0.3) is 0 Å². The molecule has 3 aromatic rings. The Hall–Kier alpha value is -4.10. The molecule has 4 rings (SSSR count). The van der Waals surface area contributed by atoms with Gasteiger partial charge in [0.05, 0.1) is 18.1 Å². The molecule has 0 bridgehead atoms. The predicted molar refractivity (Wildman–Crippen MR) is 125 cm³/mol. The highest BCUT2D eigenvalue weighted by Crippen LogP contribution is 2.21. The van der Waals surface area contributed by atoms with Crippen molar-refractivity contribution in [1.82, 2.24) is 25.5 Å². The summed E-state index contributed by atoms with van der Waals surface area (Å²) in [6.45, 7) is 1.73. The highest BCUT2D eigenvalue weighted by Gasteiger charge is 2.17. The molecule has 1 aromatic carbocycles. The second kappa shape index (κ2) is 11.0. The number of carbonyl (C=O) groups excluding carboxylic acids is 1. The lowest BCUT2D eigenvalue weighted by Crippen LogP contribution is -2.35. The lowest BCUT2D eigenvalue weighted by atomic mass is 10.0. The zero-order chi connectivity index (χ0) is 22.9. The Kier molecular flexibility index (Phi) is 7.35. The summed E-state index contributed by atoms with van der Waals surface area (Å²) in [4.78, 5) is 21.0. The first-order chi connectivity index (χ1) is 16.2. The summed E-state index contributed by atoms with van der Waals surface area (Å²) >= 11 is 0. The standard InChI is InChI=1S/C23H25N9O/c24-13-18-14-28-21(15-27-18)30-20-12-19(26-11-9-16-6-4-5-10-25-16)22(32-31-20)23(33)29-17-7-2-1-3-8-17/h1-3,7-8,12,14-16,25H,4-6,9-11H2,(H,29,33)(H2,26,28,30,31). The van der Waals surface area contributed by atoms with Gasteiger partial charge in [-0.15, -0.1) is 10.2 Å². The molecule has 4 N–H and O–H groups in total. The van der Waals surface area contributed by atoms with E-state index in [-0.39, 0.29) is 17.3 Å². The van der Waals surface area contributed by atoms with Crippen LogP contribution in [0.1, 0.15) is 41.9 Å². The van der Waals surface area contributed by atoms with Gasteiger partial charge < -0.3 is 21.3 Å². The second-order valence-electron chi connectivity index (χ2n) is 7.70. The first-order valence-electron chi connectivity index (χ1n) is 10.9. The molecule has 1 aliphatic heterocycles. The number of benzene rings is 1. The number of nitrogens with zero attached hydrogens (tertiary/aromatic N) is 5. The van der Waals surface area contributed by atoms with Crippen LogP contribution in [0, 0.1) is 11.3 Å². The number of aromatic nitrogens is 4. The molecule has 1 atom stereocenters. The van der Waals surface area contributed by atoms with Gasteiger partial charge in [-0.2, -0.15) is 5.26 Å². The monoisotopic (exact) mass is 443 g/mol. The topological polar surface area (TPSA) is 141 Å². The fraction of sp³-hybridized carbons (Fsp3) is 0.304. The van der Waals surface area contributed by atoms with Crippen LogP contribution in [0.4, 0.5) is 23.0 Å². The molecule has 3 heterocycles. The molecule has 1 aliphatic rings. The number of amides is 1. The Morgan fingerprint density at radius 1 is 1.12 bits per heavy atom. The first kappa shape index (κ1) is 22.1. The summed E-state index contributed by atoms with van der Waals surface area (Å²) in [6, 6.07) is 13.3. The van der Waals surface area contributed by atoms with Crippen molar-refractivity contribution in [3.63, 3.8) is 0 Å². The molecule has 0 aliphatic carbocycles. The second-order valence-corrected chi connectivity index (χ2v) is 7.70. The third kappa shape index (κ3) is 6.21. The van der Waals surface area contributed by atoms with Crippen molar-refractivity contribution < 1.29 is 4.79 Å². The van der Waals surface area contributed by atoms with E-state index in [2.05, 4.69) is 41.4 Å². The lowest BCUT2D eigenvalue weighted by Gasteiger charge is -2.23. The smallest absolute Gasteiger partial charge is 0.278 e. The van der Waals surface area contributed by atoms with Gasteiger partial charge in [0.1, 0.15) is 11.9 Å². The van der Waals surface area contributed by atoms with Gasteiger partial charge in [-0.1, -0.05) is 24.6 Å². The quantitative estimate of drug-likeness (QED) is 0.413. The average Bonchev–Trinajstić information content (AvgIpc) is 2.86. The molecule has 1 unspecified atom stereocenters. The number of hydrogen-bond acceptors (Lipinski definition) is 9. The van der Waals surface area contributed by atoms with Gasteiger partial charge in [-0.3, -0.25) is 4.79 Å². The highest BCUT2D eigenvalue weighted by atomic mass is 16.2. The van der Waals surface area contributed by atoms with Crippen molar-refractivity contribution in [1.29, 1.82) is 5.26 Å². The van der Waals surface area contributed by atoms with Crippen LogP contribution in [0.3, 0.4) is 0 Å². The van der Waals surface area contributed by atoms with E-state index in [1.807, 2.05) is 36.4 Å². The minimum absolute atomic E-state index is 0.201. The molecule has 1 amide bonds. The van der Waals surface area contributed by atoms with Crippen LogP contribution in [-0.4, -0.2) is 45.2 Å². The van der Waals surface area contributed by atoms with Crippen LogP contribution in [0.5, 0.6) is 0 Å². The molecule has 1 saturated heterocycles. The Balaban J connectivity index is 1.50. The Morgan fingerprint density at radius 3 is 2.73 bits per heavy atom. The van der Waals surface area contributed by atoms with E-state index >= 15 is 0 Å². The summed E-state index contributed by atoms with van der Waals surface area (Å²) in [6.07, 6.45) is 7.35. The fourth-order valence-corrected chi connectivity index (χ4v) is 3.60. The molecular weight excluding hydrogens is 418 g/mol. The van der Waals surface area contributed by atoms with Gasteiger partial charge in [0.15, 0.2) is 17.2 Å². The molecule has 10 nitrogen and oxygen atoms in total. The van der Waals surface area contributed by atoms with Crippen molar-refractivity contribution >= 4 is 28.9 Å². The molecule has 0 radical (unpaired) electrons. The maximum atomic E-state index is 12.9. The van der Waals surface area contributed by atoms with Crippen LogP contribution in [-0.2, 0) is 0 Å². The number of nitriles is 1. The normalized spacial score (nSPS) is 15.3. The van der Waals surface area contributed by atoms with Crippen molar-refractivity contribution in [2.45, 2.75) is 31.7 Å². The van der Waals surface area contributed by atoms with Crippen LogP contribution < -0.4 is 21.3 Å². The molecular formula is C23H25N9O. The predicted octanol–water partition coefficient (Wildman–Crippen LogP) is 3.08. The van der Waals surface area contributed by atoms with Crippen molar-refractivity contribution in [3.8, 4) is 6.07 Å². The third-order valence-corrected chi connectivity index (χ3v) is 5.28. The minimum atomic E-state index is -0.350. The molecule has 0 saturated carbocycles. The van der Waals surface area contributed by atoms with Crippen LogP contribution in [0.15, 0.2) is 48.8 Å². The minimum Gasteiger partial charge on any atom is -0.383 e. The molecule has 168 valence electrons. The van der Waals surface area contributed by atoms with Crippen LogP contribution in [0.2, 0.25) is 0 Å². The Morgan fingerprint density at radius 2 is 2.00 bits per heavy atom. The Bertz CT molecular complexity index is 1110. The Labute approximate surface area is 191 Å². The largest absolute Gasteiger partial charge is 0.383 e. The van der Waals surface area contributed by atoms with Gasteiger partial charge in [0.25, 0.3) is 5.91 Å². The number of piperidine rings is 1. The molecule has 0 spiro atoms. The maximum absolute atomic E-state index is 12.9. The summed E-state index contributed by atoms with van der Waals surface area (Å²) in [5, 5.41) is 29.9. The number of anilines is 4. The zero-order valence-electron chi connectivity index (χ0n) is 18.1. The number of rotatable bonds is 8. The number of carbonyl (C=O) groups is 1. The highest BCUT2D eigenvalue weighted by molar-refractivity contribution is 6.06. The van der Waals surface area contributed by atoms with E-state index in [0.29, 0.717) is 35.6 Å². The molecule has 33 heavy (non-hydrogen) atoms.